The second kappa shape index (κ2) is 9.60. The molecule has 0 bridgehead atoms. The lowest BCUT2D eigenvalue weighted by atomic mass is 10.2. The summed E-state index contributed by atoms with van der Waals surface area (Å²) in [5.74, 6) is -0.459. The lowest BCUT2D eigenvalue weighted by molar-refractivity contribution is -0.164. The fourth-order valence-electron chi connectivity index (χ4n) is 1.16. The lowest BCUT2D eigenvalue weighted by Crippen LogP contribution is -2.36. The molecule has 2 unspecified atom stereocenters. The summed E-state index contributed by atoms with van der Waals surface area (Å²) in [6, 6.07) is 0. The van der Waals surface area contributed by atoms with Crippen molar-refractivity contribution in [2.75, 3.05) is 13.2 Å². The molecule has 1 N–H and O–H groups in total. The van der Waals surface area contributed by atoms with Crippen LogP contribution in [0.2, 0.25) is 0 Å². The van der Waals surface area contributed by atoms with Gasteiger partial charge in [-0.15, -0.1) is 0 Å². The van der Waals surface area contributed by atoms with Gasteiger partial charge in [-0.25, -0.2) is 4.79 Å². The van der Waals surface area contributed by atoms with Crippen LogP contribution in [-0.2, 0) is 14.3 Å². The molecule has 4 heteroatoms. The van der Waals surface area contributed by atoms with Crippen LogP contribution < -0.4 is 0 Å². The van der Waals surface area contributed by atoms with Gasteiger partial charge in [0, 0.05) is 6.61 Å². The Morgan fingerprint density at radius 1 is 1.19 bits per heavy atom. The van der Waals surface area contributed by atoms with Crippen molar-refractivity contribution in [3.63, 3.8) is 0 Å². The van der Waals surface area contributed by atoms with Crippen molar-refractivity contribution < 1.29 is 19.4 Å². The quantitative estimate of drug-likeness (QED) is 0.487. The number of hydrogen-bond acceptors (Lipinski definition) is 4. The first-order valence-corrected chi connectivity index (χ1v) is 6.09. The Labute approximate surface area is 97.9 Å². The van der Waals surface area contributed by atoms with Crippen LogP contribution in [0.25, 0.3) is 0 Å². The molecule has 0 radical (unpaired) electrons. The number of ether oxygens (including phenoxy) is 2. The first-order valence-electron chi connectivity index (χ1n) is 6.09. The van der Waals surface area contributed by atoms with E-state index in [0.717, 1.165) is 25.7 Å². The van der Waals surface area contributed by atoms with Crippen LogP contribution in [0, 0.1) is 0 Å². The summed E-state index contributed by atoms with van der Waals surface area (Å²) >= 11 is 0. The third-order valence-corrected chi connectivity index (χ3v) is 2.21. The smallest absolute Gasteiger partial charge is 0.337 e. The van der Waals surface area contributed by atoms with E-state index in [-0.39, 0.29) is 0 Å². The van der Waals surface area contributed by atoms with Crippen LogP contribution in [0.3, 0.4) is 0 Å². The number of hydrogen-bond donors (Lipinski definition) is 1. The lowest BCUT2D eigenvalue weighted by Gasteiger charge is -2.19. The number of unbranched alkanes of at least 4 members (excludes halogenated alkanes) is 2. The molecule has 0 rings (SSSR count). The molecular formula is C12H24O4. The summed E-state index contributed by atoms with van der Waals surface area (Å²) in [6.45, 7) is 6.49. The van der Waals surface area contributed by atoms with Crippen LogP contribution in [0.5, 0.6) is 0 Å². The van der Waals surface area contributed by atoms with Gasteiger partial charge in [-0.1, -0.05) is 26.7 Å². The van der Waals surface area contributed by atoms with Gasteiger partial charge in [0.25, 0.3) is 0 Å². The molecule has 0 aliphatic carbocycles. The predicted octanol–water partition coefficient (Wildman–Crippen LogP) is 1.90. The number of carbonyl (C=O) groups is 1. The van der Waals surface area contributed by atoms with Crippen LogP contribution in [0.4, 0.5) is 0 Å². The van der Waals surface area contributed by atoms with E-state index in [4.69, 9.17) is 9.47 Å². The summed E-state index contributed by atoms with van der Waals surface area (Å²) in [6.07, 6.45) is 2.02. The second-order valence-corrected chi connectivity index (χ2v) is 3.91. The van der Waals surface area contributed by atoms with Gasteiger partial charge in [-0.3, -0.25) is 0 Å². The van der Waals surface area contributed by atoms with E-state index in [1.165, 1.54) is 6.92 Å². The van der Waals surface area contributed by atoms with Gasteiger partial charge in [0.05, 0.1) is 12.7 Å². The summed E-state index contributed by atoms with van der Waals surface area (Å²) in [7, 11) is 0. The first-order chi connectivity index (χ1) is 7.63. The maximum Gasteiger partial charge on any atom is 0.337 e. The number of carbonyl (C=O) groups excluding carboxylic acids is 1. The maximum atomic E-state index is 11.5. The fraction of sp³-hybridized carbons (Fsp3) is 0.917. The standard InChI is InChI=1S/C12H24O4/c1-4-6-8-15-11(10(3)13)12(14)16-9-7-5-2/h10-11,13H,4-9H2,1-3H3. The average molecular weight is 232 g/mol. The summed E-state index contributed by atoms with van der Waals surface area (Å²) < 4.78 is 10.3. The van der Waals surface area contributed by atoms with Crippen molar-refractivity contribution in [2.24, 2.45) is 0 Å². The van der Waals surface area contributed by atoms with Gasteiger partial charge in [-0.2, -0.15) is 0 Å². The Hall–Kier alpha value is -0.610. The van der Waals surface area contributed by atoms with E-state index < -0.39 is 18.2 Å². The normalized spacial score (nSPS) is 14.5. The highest BCUT2D eigenvalue weighted by Gasteiger charge is 2.25. The molecule has 0 heterocycles. The third-order valence-electron chi connectivity index (χ3n) is 2.21. The molecule has 0 saturated carbocycles. The monoisotopic (exact) mass is 232 g/mol. The molecule has 0 aromatic carbocycles. The molecule has 0 aliphatic rings. The Morgan fingerprint density at radius 3 is 2.25 bits per heavy atom. The molecular weight excluding hydrogens is 208 g/mol. The van der Waals surface area contributed by atoms with E-state index in [2.05, 4.69) is 0 Å². The molecule has 0 aliphatic heterocycles. The zero-order chi connectivity index (χ0) is 12.4. The molecule has 4 nitrogen and oxygen atoms in total. The largest absolute Gasteiger partial charge is 0.464 e. The molecule has 16 heavy (non-hydrogen) atoms. The average Bonchev–Trinajstić information content (AvgIpc) is 2.24. The second-order valence-electron chi connectivity index (χ2n) is 3.91. The Morgan fingerprint density at radius 2 is 1.75 bits per heavy atom. The zero-order valence-electron chi connectivity index (χ0n) is 10.6. The van der Waals surface area contributed by atoms with Crippen molar-refractivity contribution in [3.05, 3.63) is 0 Å². The van der Waals surface area contributed by atoms with E-state index in [9.17, 15) is 9.90 Å². The van der Waals surface area contributed by atoms with E-state index in [1.807, 2.05) is 13.8 Å². The van der Waals surface area contributed by atoms with Gasteiger partial charge in [0.15, 0.2) is 6.10 Å². The molecule has 0 aromatic rings. The summed E-state index contributed by atoms with van der Waals surface area (Å²) in [5, 5.41) is 9.41. The predicted molar refractivity (Wildman–Crippen MR) is 62.2 cm³/mol. The SMILES string of the molecule is CCCCOC(=O)C(OCCCC)C(C)O. The van der Waals surface area contributed by atoms with Crippen LogP contribution in [-0.4, -0.2) is 36.5 Å². The zero-order valence-corrected chi connectivity index (χ0v) is 10.6. The van der Waals surface area contributed by atoms with Crippen molar-refractivity contribution in [1.29, 1.82) is 0 Å². The van der Waals surface area contributed by atoms with Crippen LogP contribution in [0.1, 0.15) is 46.5 Å². The Balaban J connectivity index is 3.93. The minimum absolute atomic E-state index is 0.399. The van der Waals surface area contributed by atoms with Crippen molar-refractivity contribution in [3.8, 4) is 0 Å². The molecule has 0 aromatic heterocycles. The molecule has 0 fully saturated rings. The summed E-state index contributed by atoms with van der Waals surface area (Å²) in [4.78, 5) is 11.5. The van der Waals surface area contributed by atoms with Crippen molar-refractivity contribution in [2.45, 2.75) is 58.7 Å². The van der Waals surface area contributed by atoms with Gasteiger partial charge in [-0.05, 0) is 19.8 Å². The number of aliphatic hydroxyl groups excluding tert-OH is 1. The minimum Gasteiger partial charge on any atom is -0.464 e. The number of esters is 1. The molecule has 0 amide bonds. The van der Waals surface area contributed by atoms with Crippen molar-refractivity contribution in [1.82, 2.24) is 0 Å². The number of aliphatic hydroxyl groups is 1. The number of rotatable bonds is 9. The minimum atomic E-state index is -0.844. The van der Waals surface area contributed by atoms with E-state index >= 15 is 0 Å². The van der Waals surface area contributed by atoms with Gasteiger partial charge in [0.1, 0.15) is 0 Å². The van der Waals surface area contributed by atoms with Crippen LogP contribution in [0.15, 0.2) is 0 Å². The van der Waals surface area contributed by atoms with E-state index in [1.54, 1.807) is 0 Å². The van der Waals surface area contributed by atoms with Crippen molar-refractivity contribution >= 4 is 5.97 Å². The molecule has 2 atom stereocenters. The Bertz CT molecular complexity index is 180. The van der Waals surface area contributed by atoms with Gasteiger partial charge in [0.2, 0.25) is 0 Å². The van der Waals surface area contributed by atoms with Crippen LogP contribution >= 0.6 is 0 Å². The van der Waals surface area contributed by atoms with E-state index in [0.29, 0.717) is 13.2 Å². The highest BCUT2D eigenvalue weighted by Crippen LogP contribution is 2.05. The Kier molecular flexibility index (Phi) is 9.24. The molecule has 0 saturated heterocycles. The highest BCUT2D eigenvalue weighted by molar-refractivity contribution is 5.75. The van der Waals surface area contributed by atoms with Gasteiger partial charge >= 0.3 is 5.97 Å². The first kappa shape index (κ1) is 15.4. The third kappa shape index (κ3) is 6.80. The summed E-state index contributed by atoms with van der Waals surface area (Å²) in [5.41, 5.74) is 0. The molecule has 96 valence electrons. The highest BCUT2D eigenvalue weighted by atomic mass is 16.6. The van der Waals surface area contributed by atoms with Gasteiger partial charge < -0.3 is 14.6 Å². The topological polar surface area (TPSA) is 55.8 Å². The fourth-order valence-corrected chi connectivity index (χ4v) is 1.16. The molecule has 0 spiro atoms. The maximum absolute atomic E-state index is 11.5.